The molecule has 2 rings (SSSR count). The molecule has 1 amide bonds. The molecular weight excluding hydrogens is 398 g/mol. The first-order valence-electron chi connectivity index (χ1n) is 8.38. The van der Waals surface area contributed by atoms with Crippen LogP contribution in [0.25, 0.3) is 0 Å². The Morgan fingerprint density at radius 2 is 1.85 bits per heavy atom. The minimum Gasteiger partial charge on any atom is -0.492 e. The van der Waals surface area contributed by atoms with Crippen LogP contribution in [0.5, 0.6) is 5.75 Å². The van der Waals surface area contributed by atoms with Gasteiger partial charge < -0.3 is 14.4 Å². The fourth-order valence-corrected chi connectivity index (χ4v) is 2.86. The molecule has 2 aromatic carbocycles. The molecule has 26 heavy (non-hydrogen) atoms. The van der Waals surface area contributed by atoms with Gasteiger partial charge in [-0.2, -0.15) is 0 Å². The average molecular weight is 420 g/mol. The Morgan fingerprint density at radius 3 is 2.50 bits per heavy atom. The van der Waals surface area contributed by atoms with E-state index in [1.165, 1.54) is 10.5 Å². The average Bonchev–Trinajstić information content (AvgIpc) is 2.63. The lowest BCUT2D eigenvalue weighted by atomic mass is 10.1. The van der Waals surface area contributed by atoms with E-state index in [0.717, 1.165) is 6.42 Å². The molecule has 6 heteroatoms. The summed E-state index contributed by atoms with van der Waals surface area (Å²) in [5.74, 6) is -0.0107. The number of halogens is 1. The van der Waals surface area contributed by atoms with Gasteiger partial charge in [-0.1, -0.05) is 30.3 Å². The van der Waals surface area contributed by atoms with Crippen molar-refractivity contribution in [3.05, 3.63) is 64.1 Å². The summed E-state index contributed by atoms with van der Waals surface area (Å²) in [7, 11) is 1.57. The van der Waals surface area contributed by atoms with Crippen molar-refractivity contribution in [3.8, 4) is 5.75 Å². The van der Waals surface area contributed by atoms with Crippen molar-refractivity contribution in [2.24, 2.45) is 0 Å². The second-order valence-corrected chi connectivity index (χ2v) is 6.55. The largest absolute Gasteiger partial charge is 0.492 e. The second-order valence-electron chi connectivity index (χ2n) is 5.70. The molecule has 0 unspecified atom stereocenters. The number of rotatable bonds is 8. The molecule has 0 fully saturated rings. The molecule has 0 saturated carbocycles. The Bertz CT molecular complexity index is 749. The molecule has 0 aliphatic rings. The van der Waals surface area contributed by atoms with E-state index < -0.39 is 5.97 Å². The topological polar surface area (TPSA) is 55.8 Å². The number of ether oxygens (including phenoxy) is 2. The number of carbonyl (C=O) groups excluding carboxylic acids is 2. The molecule has 0 atom stereocenters. The number of hydrogen-bond donors (Lipinski definition) is 0. The lowest BCUT2D eigenvalue weighted by Gasteiger charge is -2.17. The Balaban J connectivity index is 1.93. The predicted molar refractivity (Wildman–Crippen MR) is 103 cm³/mol. The van der Waals surface area contributed by atoms with Crippen LogP contribution in [0.4, 0.5) is 0 Å². The van der Waals surface area contributed by atoms with Gasteiger partial charge in [0.25, 0.3) is 5.91 Å². The van der Waals surface area contributed by atoms with E-state index in [2.05, 4.69) is 28.1 Å². The fraction of sp³-hybridized carbons (Fsp3) is 0.300. The molecule has 0 aliphatic heterocycles. The van der Waals surface area contributed by atoms with Gasteiger partial charge in [-0.25, -0.2) is 0 Å². The highest BCUT2D eigenvalue weighted by Crippen LogP contribution is 2.26. The van der Waals surface area contributed by atoms with E-state index in [-0.39, 0.29) is 12.5 Å². The lowest BCUT2D eigenvalue weighted by molar-refractivity contribution is -0.143. The van der Waals surface area contributed by atoms with Crippen LogP contribution in [-0.2, 0) is 16.0 Å². The van der Waals surface area contributed by atoms with E-state index in [4.69, 9.17) is 9.47 Å². The molecule has 0 aromatic heterocycles. The number of amides is 1. The number of benzene rings is 2. The van der Waals surface area contributed by atoms with E-state index in [1.807, 2.05) is 18.2 Å². The van der Waals surface area contributed by atoms with Gasteiger partial charge in [-0.15, -0.1) is 0 Å². The number of esters is 1. The van der Waals surface area contributed by atoms with Crippen LogP contribution >= 0.6 is 15.9 Å². The molecule has 2 aromatic rings. The van der Waals surface area contributed by atoms with Crippen LogP contribution in [0.2, 0.25) is 0 Å². The highest BCUT2D eigenvalue weighted by atomic mass is 79.9. The minimum absolute atomic E-state index is 0.0837. The van der Waals surface area contributed by atoms with Crippen LogP contribution in [0.3, 0.4) is 0 Å². The highest BCUT2D eigenvalue weighted by molar-refractivity contribution is 9.10. The number of likely N-dealkylation sites (N-methyl/N-ethyl adjacent to an activating group) is 1. The van der Waals surface area contributed by atoms with Crippen molar-refractivity contribution in [2.75, 3.05) is 26.8 Å². The molecule has 0 saturated heterocycles. The maximum atomic E-state index is 12.4. The van der Waals surface area contributed by atoms with Gasteiger partial charge in [0.1, 0.15) is 12.3 Å². The third-order valence-electron chi connectivity index (χ3n) is 3.69. The van der Waals surface area contributed by atoms with E-state index in [0.29, 0.717) is 29.0 Å². The summed E-state index contributed by atoms with van der Waals surface area (Å²) in [6.07, 6.45) is 0.802. The molecule has 0 spiro atoms. The Morgan fingerprint density at radius 1 is 1.12 bits per heavy atom. The summed E-state index contributed by atoms with van der Waals surface area (Å²) in [6, 6.07) is 15.2. The molecular formula is C20H22BrNO4. The summed E-state index contributed by atoms with van der Waals surface area (Å²) in [4.78, 5) is 25.2. The van der Waals surface area contributed by atoms with Crippen molar-refractivity contribution < 1.29 is 19.1 Å². The summed E-state index contributed by atoms with van der Waals surface area (Å²) in [5.41, 5.74) is 1.68. The van der Waals surface area contributed by atoms with Gasteiger partial charge in [0.05, 0.1) is 17.7 Å². The maximum absolute atomic E-state index is 12.4. The summed E-state index contributed by atoms with van der Waals surface area (Å²) in [6.45, 7) is 2.48. The van der Waals surface area contributed by atoms with Crippen LogP contribution in [0.15, 0.2) is 53.0 Å². The number of hydrogen-bond acceptors (Lipinski definition) is 4. The molecule has 0 heterocycles. The third-order valence-corrected chi connectivity index (χ3v) is 4.31. The summed E-state index contributed by atoms with van der Waals surface area (Å²) in [5, 5.41) is 0. The second kappa shape index (κ2) is 9.97. The van der Waals surface area contributed by atoms with E-state index >= 15 is 0 Å². The monoisotopic (exact) mass is 419 g/mol. The third kappa shape index (κ3) is 5.88. The molecule has 0 radical (unpaired) electrons. The van der Waals surface area contributed by atoms with Crippen molar-refractivity contribution in [3.63, 3.8) is 0 Å². The van der Waals surface area contributed by atoms with Crippen molar-refractivity contribution in [1.29, 1.82) is 0 Å². The summed E-state index contributed by atoms with van der Waals surface area (Å²) < 4.78 is 11.3. The zero-order chi connectivity index (χ0) is 18.9. The Hall–Kier alpha value is -2.34. The Labute approximate surface area is 162 Å². The smallest absolute Gasteiger partial charge is 0.325 e. The summed E-state index contributed by atoms with van der Waals surface area (Å²) >= 11 is 3.44. The van der Waals surface area contributed by atoms with Crippen LogP contribution < -0.4 is 4.74 Å². The fourth-order valence-electron chi connectivity index (χ4n) is 2.37. The van der Waals surface area contributed by atoms with E-state index in [9.17, 15) is 9.59 Å². The minimum atomic E-state index is -0.428. The zero-order valence-electron chi connectivity index (χ0n) is 14.9. The van der Waals surface area contributed by atoms with Gasteiger partial charge in [0.15, 0.2) is 0 Å². The predicted octanol–water partition coefficient (Wildman–Crippen LogP) is 3.71. The number of nitrogens with zero attached hydrogens (tertiary/aromatic N) is 1. The number of carbonyl (C=O) groups is 2. The first-order valence-corrected chi connectivity index (χ1v) is 9.18. The van der Waals surface area contributed by atoms with Gasteiger partial charge >= 0.3 is 5.97 Å². The normalized spacial score (nSPS) is 10.3. The van der Waals surface area contributed by atoms with Crippen LogP contribution in [0.1, 0.15) is 22.8 Å². The van der Waals surface area contributed by atoms with Crippen molar-refractivity contribution >= 4 is 27.8 Å². The van der Waals surface area contributed by atoms with Crippen LogP contribution in [0, 0.1) is 0 Å². The zero-order valence-corrected chi connectivity index (χ0v) is 16.5. The standard InChI is InChI=1S/C20H22BrNO4/c1-3-25-19(23)14-22(2)20(24)16-9-10-18(17(21)13-16)26-12-11-15-7-5-4-6-8-15/h4-10,13H,3,11-12,14H2,1-2H3. The molecule has 0 bridgehead atoms. The first kappa shape index (κ1) is 20.0. The molecule has 0 aliphatic carbocycles. The first-order chi connectivity index (χ1) is 12.5. The molecule has 138 valence electrons. The highest BCUT2D eigenvalue weighted by Gasteiger charge is 2.17. The van der Waals surface area contributed by atoms with Crippen molar-refractivity contribution in [1.82, 2.24) is 4.90 Å². The molecule has 5 nitrogen and oxygen atoms in total. The SMILES string of the molecule is CCOC(=O)CN(C)C(=O)c1ccc(OCCc2ccccc2)c(Br)c1. The lowest BCUT2D eigenvalue weighted by Crippen LogP contribution is -2.33. The van der Waals surface area contributed by atoms with Crippen molar-refractivity contribution in [2.45, 2.75) is 13.3 Å². The molecule has 0 N–H and O–H groups in total. The van der Waals surface area contributed by atoms with Crippen LogP contribution in [-0.4, -0.2) is 43.6 Å². The van der Waals surface area contributed by atoms with Gasteiger partial charge in [-0.05, 0) is 46.6 Å². The van der Waals surface area contributed by atoms with Gasteiger partial charge in [0.2, 0.25) is 0 Å². The maximum Gasteiger partial charge on any atom is 0.325 e. The quantitative estimate of drug-likeness (QED) is 0.612. The van der Waals surface area contributed by atoms with E-state index in [1.54, 1.807) is 32.2 Å². The Kier molecular flexibility index (Phi) is 7.66. The van der Waals surface area contributed by atoms with Gasteiger partial charge in [0, 0.05) is 19.0 Å². The van der Waals surface area contributed by atoms with Gasteiger partial charge in [-0.3, -0.25) is 9.59 Å².